The van der Waals surface area contributed by atoms with Gasteiger partial charge in [-0.3, -0.25) is 4.79 Å². The van der Waals surface area contributed by atoms with Crippen LogP contribution in [-0.4, -0.2) is 20.2 Å². The zero-order valence-electron chi connectivity index (χ0n) is 14.5. The Balaban J connectivity index is 1.68. The molecule has 0 spiro atoms. The van der Waals surface area contributed by atoms with E-state index >= 15 is 0 Å². The SMILES string of the molecule is COc1ccc(OC)c(COC(=O)Cc2coc3cc(C)ccc23)c1. The van der Waals surface area contributed by atoms with Gasteiger partial charge in [0.05, 0.1) is 26.9 Å². The Labute approximate surface area is 146 Å². The summed E-state index contributed by atoms with van der Waals surface area (Å²) in [6.45, 7) is 2.12. The van der Waals surface area contributed by atoms with Gasteiger partial charge < -0.3 is 18.6 Å². The lowest BCUT2D eigenvalue weighted by Gasteiger charge is -2.11. The first kappa shape index (κ1) is 16.9. The third-order valence-electron chi connectivity index (χ3n) is 4.02. The van der Waals surface area contributed by atoms with Crippen molar-refractivity contribution in [3.8, 4) is 11.5 Å². The Morgan fingerprint density at radius 2 is 1.88 bits per heavy atom. The molecule has 0 aliphatic carbocycles. The minimum Gasteiger partial charge on any atom is -0.497 e. The number of esters is 1. The van der Waals surface area contributed by atoms with Gasteiger partial charge in [0.1, 0.15) is 23.7 Å². The van der Waals surface area contributed by atoms with Crippen molar-refractivity contribution in [2.45, 2.75) is 20.0 Å². The van der Waals surface area contributed by atoms with Crippen molar-refractivity contribution in [3.63, 3.8) is 0 Å². The lowest BCUT2D eigenvalue weighted by Crippen LogP contribution is -2.08. The Hall–Kier alpha value is -2.95. The molecular formula is C20H20O5. The van der Waals surface area contributed by atoms with Crippen LogP contribution in [0.1, 0.15) is 16.7 Å². The minimum atomic E-state index is -0.326. The molecule has 0 unspecified atom stereocenters. The highest BCUT2D eigenvalue weighted by molar-refractivity contribution is 5.86. The molecule has 0 atom stereocenters. The second kappa shape index (κ2) is 7.30. The van der Waals surface area contributed by atoms with E-state index in [-0.39, 0.29) is 19.0 Å². The standard InChI is InChI=1S/C20H20O5/c1-13-4-6-17-14(11-24-19(17)8-13)10-20(21)25-12-15-9-16(22-2)5-7-18(15)23-3/h4-9,11H,10,12H2,1-3H3. The normalized spacial score (nSPS) is 10.7. The van der Waals surface area contributed by atoms with Crippen molar-refractivity contribution >= 4 is 16.9 Å². The molecular weight excluding hydrogens is 320 g/mol. The van der Waals surface area contributed by atoms with Crippen LogP contribution in [0.5, 0.6) is 11.5 Å². The molecule has 0 N–H and O–H groups in total. The monoisotopic (exact) mass is 340 g/mol. The highest BCUT2D eigenvalue weighted by atomic mass is 16.5. The molecule has 5 heteroatoms. The predicted molar refractivity (Wildman–Crippen MR) is 94.0 cm³/mol. The van der Waals surface area contributed by atoms with Crippen LogP contribution in [-0.2, 0) is 22.6 Å². The summed E-state index contributed by atoms with van der Waals surface area (Å²) in [5, 5.41) is 0.932. The topological polar surface area (TPSA) is 57.9 Å². The van der Waals surface area contributed by atoms with Crippen LogP contribution in [0.3, 0.4) is 0 Å². The van der Waals surface area contributed by atoms with E-state index in [4.69, 9.17) is 18.6 Å². The van der Waals surface area contributed by atoms with Crippen LogP contribution in [0.2, 0.25) is 0 Å². The molecule has 0 fully saturated rings. The first-order valence-corrected chi connectivity index (χ1v) is 7.94. The summed E-state index contributed by atoms with van der Waals surface area (Å²) in [5.41, 5.74) is 3.46. The fourth-order valence-corrected chi connectivity index (χ4v) is 2.69. The Morgan fingerprint density at radius 3 is 2.64 bits per heavy atom. The molecule has 2 aromatic carbocycles. The summed E-state index contributed by atoms with van der Waals surface area (Å²) in [5.74, 6) is 1.01. The molecule has 0 amide bonds. The average molecular weight is 340 g/mol. The van der Waals surface area contributed by atoms with E-state index in [1.165, 1.54) is 0 Å². The smallest absolute Gasteiger partial charge is 0.310 e. The largest absolute Gasteiger partial charge is 0.497 e. The van der Waals surface area contributed by atoms with Gasteiger partial charge in [-0.15, -0.1) is 0 Å². The number of carbonyl (C=O) groups is 1. The number of benzene rings is 2. The van der Waals surface area contributed by atoms with Crippen molar-refractivity contribution in [2.75, 3.05) is 14.2 Å². The second-order valence-corrected chi connectivity index (χ2v) is 5.78. The van der Waals surface area contributed by atoms with E-state index in [2.05, 4.69) is 0 Å². The summed E-state index contributed by atoms with van der Waals surface area (Å²) < 4.78 is 21.4. The third-order valence-corrected chi connectivity index (χ3v) is 4.02. The number of ether oxygens (including phenoxy) is 3. The van der Waals surface area contributed by atoms with Crippen molar-refractivity contribution in [1.29, 1.82) is 0 Å². The quantitative estimate of drug-likeness (QED) is 0.634. The lowest BCUT2D eigenvalue weighted by molar-refractivity contribution is -0.144. The molecule has 25 heavy (non-hydrogen) atoms. The highest BCUT2D eigenvalue weighted by Gasteiger charge is 2.13. The van der Waals surface area contributed by atoms with E-state index < -0.39 is 0 Å². The molecule has 1 aromatic heterocycles. The molecule has 5 nitrogen and oxygen atoms in total. The van der Waals surface area contributed by atoms with Gasteiger partial charge in [0.15, 0.2) is 0 Å². The molecule has 3 rings (SSSR count). The molecule has 130 valence electrons. The molecule has 0 radical (unpaired) electrons. The predicted octanol–water partition coefficient (Wildman–Crippen LogP) is 4.04. The first-order chi connectivity index (χ1) is 12.1. The summed E-state index contributed by atoms with van der Waals surface area (Å²) in [4.78, 5) is 12.2. The molecule has 0 saturated heterocycles. The summed E-state index contributed by atoms with van der Waals surface area (Å²) >= 11 is 0. The third kappa shape index (κ3) is 3.76. The molecule has 3 aromatic rings. The number of carbonyl (C=O) groups excluding carboxylic acids is 1. The maximum atomic E-state index is 12.2. The van der Waals surface area contributed by atoms with Gasteiger partial charge in [-0.05, 0) is 36.8 Å². The van der Waals surface area contributed by atoms with Gasteiger partial charge in [-0.2, -0.15) is 0 Å². The number of rotatable bonds is 6. The van der Waals surface area contributed by atoms with Crippen LogP contribution in [0.25, 0.3) is 11.0 Å². The summed E-state index contributed by atoms with van der Waals surface area (Å²) in [6.07, 6.45) is 1.76. The molecule has 0 bridgehead atoms. The maximum absolute atomic E-state index is 12.2. The second-order valence-electron chi connectivity index (χ2n) is 5.78. The van der Waals surface area contributed by atoms with Crippen molar-refractivity contribution < 1.29 is 23.4 Å². The molecule has 0 aliphatic heterocycles. The summed E-state index contributed by atoms with van der Waals surface area (Å²) in [6, 6.07) is 11.3. The number of hydrogen-bond donors (Lipinski definition) is 0. The molecule has 0 aliphatic rings. The van der Waals surface area contributed by atoms with Crippen LogP contribution in [0.4, 0.5) is 0 Å². The fourth-order valence-electron chi connectivity index (χ4n) is 2.69. The number of methoxy groups -OCH3 is 2. The Bertz CT molecular complexity index is 894. The van der Waals surface area contributed by atoms with Gasteiger partial charge in [0.2, 0.25) is 0 Å². The van der Waals surface area contributed by atoms with Gasteiger partial charge in [-0.25, -0.2) is 0 Å². The van der Waals surface area contributed by atoms with E-state index in [0.29, 0.717) is 11.5 Å². The van der Waals surface area contributed by atoms with Crippen LogP contribution in [0, 0.1) is 6.92 Å². The van der Waals surface area contributed by atoms with E-state index in [0.717, 1.165) is 27.7 Å². The van der Waals surface area contributed by atoms with Crippen LogP contribution < -0.4 is 9.47 Å². The minimum absolute atomic E-state index is 0.119. The van der Waals surface area contributed by atoms with Gasteiger partial charge in [0, 0.05) is 16.5 Å². The number of hydrogen-bond acceptors (Lipinski definition) is 5. The van der Waals surface area contributed by atoms with E-state index in [1.807, 2.05) is 25.1 Å². The molecule has 0 saturated carbocycles. The van der Waals surface area contributed by atoms with Crippen molar-refractivity contribution in [1.82, 2.24) is 0 Å². The van der Waals surface area contributed by atoms with Crippen molar-refractivity contribution in [2.24, 2.45) is 0 Å². The molecule has 1 heterocycles. The highest BCUT2D eigenvalue weighted by Crippen LogP contribution is 2.26. The maximum Gasteiger partial charge on any atom is 0.310 e. The Morgan fingerprint density at radius 1 is 1.04 bits per heavy atom. The number of fused-ring (bicyclic) bond motifs is 1. The first-order valence-electron chi connectivity index (χ1n) is 7.94. The lowest BCUT2D eigenvalue weighted by atomic mass is 10.1. The summed E-state index contributed by atoms with van der Waals surface area (Å²) in [7, 11) is 3.16. The van der Waals surface area contributed by atoms with E-state index in [1.54, 1.807) is 38.7 Å². The number of furan rings is 1. The zero-order chi connectivity index (χ0) is 17.8. The van der Waals surface area contributed by atoms with E-state index in [9.17, 15) is 4.79 Å². The average Bonchev–Trinajstić information content (AvgIpc) is 3.01. The fraction of sp³-hybridized carbons (Fsp3) is 0.250. The van der Waals surface area contributed by atoms with Crippen LogP contribution >= 0.6 is 0 Å². The van der Waals surface area contributed by atoms with Crippen molar-refractivity contribution in [3.05, 3.63) is 59.4 Å². The van der Waals surface area contributed by atoms with Crippen LogP contribution in [0.15, 0.2) is 47.1 Å². The van der Waals surface area contributed by atoms with Gasteiger partial charge in [0.25, 0.3) is 0 Å². The zero-order valence-corrected chi connectivity index (χ0v) is 14.5. The number of aryl methyl sites for hydroxylation is 1. The van der Waals surface area contributed by atoms with Gasteiger partial charge in [-0.1, -0.05) is 12.1 Å². The van der Waals surface area contributed by atoms with Gasteiger partial charge >= 0.3 is 5.97 Å². The Kier molecular flexibility index (Phi) is 4.93.